The Labute approximate surface area is 187 Å². The molecule has 3 aromatic heterocycles. The van der Waals surface area contributed by atoms with Crippen LogP contribution in [0.5, 0.6) is 0 Å². The van der Waals surface area contributed by atoms with Crippen molar-refractivity contribution >= 4 is 17.2 Å². The van der Waals surface area contributed by atoms with Crippen molar-refractivity contribution in [2.24, 2.45) is 5.18 Å². The molecule has 10 nitrogen and oxygen atoms in total. The van der Waals surface area contributed by atoms with Crippen molar-refractivity contribution in [1.82, 2.24) is 24.4 Å². The van der Waals surface area contributed by atoms with Crippen LogP contribution in [-0.4, -0.2) is 50.5 Å². The van der Waals surface area contributed by atoms with Crippen molar-refractivity contribution in [1.29, 1.82) is 0 Å². The number of nitrogens with zero attached hydrogens (tertiary/aromatic N) is 6. The van der Waals surface area contributed by atoms with Gasteiger partial charge in [-0.05, 0) is 43.8 Å². The molecule has 1 saturated heterocycles. The number of nitroso groups, excluding NO2 is 1. The lowest BCUT2D eigenvalue weighted by molar-refractivity contribution is 0.102. The number of likely N-dealkylation sites (N-methyl/N-ethyl adjacent to an activating group) is 1. The van der Waals surface area contributed by atoms with Crippen LogP contribution in [0, 0.1) is 17.6 Å². The van der Waals surface area contributed by atoms with Crippen molar-refractivity contribution in [2.75, 3.05) is 25.5 Å². The van der Waals surface area contributed by atoms with Gasteiger partial charge in [0.15, 0.2) is 0 Å². The molecule has 0 radical (unpaired) electrons. The van der Waals surface area contributed by atoms with E-state index in [1.165, 1.54) is 12.3 Å². The number of nitrogens with one attached hydrogen (secondary N) is 1. The van der Waals surface area contributed by atoms with E-state index in [4.69, 9.17) is 4.52 Å². The van der Waals surface area contributed by atoms with Gasteiger partial charge in [0.25, 0.3) is 5.91 Å². The zero-order chi connectivity index (χ0) is 23.1. The first kappa shape index (κ1) is 20.9. The highest BCUT2D eigenvalue weighted by molar-refractivity contribution is 6.04. The summed E-state index contributed by atoms with van der Waals surface area (Å²) >= 11 is 0. The molecule has 1 fully saturated rings. The van der Waals surface area contributed by atoms with Crippen molar-refractivity contribution < 1.29 is 13.7 Å². The van der Waals surface area contributed by atoms with Crippen molar-refractivity contribution in [3.8, 4) is 11.4 Å². The topological polar surface area (TPSA) is 118 Å². The summed E-state index contributed by atoms with van der Waals surface area (Å²) in [5.41, 5.74) is 2.43. The molecule has 0 atom stereocenters. The largest absolute Gasteiger partial charge is 0.339 e. The zero-order valence-corrected chi connectivity index (χ0v) is 17.9. The molecule has 1 aromatic carbocycles. The van der Waals surface area contributed by atoms with Crippen molar-refractivity contribution in [3.05, 3.63) is 70.1 Å². The lowest BCUT2D eigenvalue weighted by Gasteiger charge is -2.33. The summed E-state index contributed by atoms with van der Waals surface area (Å²) in [5.74, 6) is -0.00953. The van der Waals surface area contributed by atoms with E-state index in [0.29, 0.717) is 28.4 Å². The van der Waals surface area contributed by atoms with Gasteiger partial charge in [-0.25, -0.2) is 9.37 Å². The molecule has 11 heteroatoms. The van der Waals surface area contributed by atoms with E-state index in [1.54, 1.807) is 35.7 Å². The molecule has 0 saturated carbocycles. The summed E-state index contributed by atoms with van der Waals surface area (Å²) in [6.45, 7) is 3.26. The van der Waals surface area contributed by atoms with E-state index in [0.717, 1.165) is 13.1 Å². The maximum atomic E-state index is 14.7. The molecule has 1 aliphatic rings. The number of amides is 1. The van der Waals surface area contributed by atoms with Crippen molar-refractivity contribution in [3.63, 3.8) is 0 Å². The van der Waals surface area contributed by atoms with E-state index in [9.17, 15) is 14.1 Å². The highest BCUT2D eigenvalue weighted by Gasteiger charge is 2.30. The fourth-order valence-corrected chi connectivity index (χ4v) is 3.86. The number of hydrogen-bond donors (Lipinski definition) is 1. The highest BCUT2D eigenvalue weighted by Crippen LogP contribution is 2.30. The molecule has 0 unspecified atom stereocenters. The van der Waals surface area contributed by atoms with Gasteiger partial charge in [0, 0.05) is 36.1 Å². The van der Waals surface area contributed by atoms with Crippen LogP contribution in [0.1, 0.15) is 33.4 Å². The molecule has 33 heavy (non-hydrogen) atoms. The van der Waals surface area contributed by atoms with E-state index in [-0.39, 0.29) is 29.5 Å². The van der Waals surface area contributed by atoms with Crippen LogP contribution in [0.3, 0.4) is 0 Å². The van der Waals surface area contributed by atoms with E-state index in [1.807, 2.05) is 7.05 Å². The highest BCUT2D eigenvalue weighted by atomic mass is 19.1. The molecule has 1 N–H and O–H groups in total. The third-order valence-corrected chi connectivity index (χ3v) is 5.76. The van der Waals surface area contributed by atoms with E-state index < -0.39 is 11.7 Å². The molecule has 1 aliphatic heterocycles. The Morgan fingerprint density at radius 2 is 2.15 bits per heavy atom. The first-order chi connectivity index (χ1) is 15.9. The summed E-state index contributed by atoms with van der Waals surface area (Å²) in [4.78, 5) is 34.2. The van der Waals surface area contributed by atoms with Crippen LogP contribution in [0.4, 0.5) is 10.1 Å². The lowest BCUT2D eigenvalue weighted by Crippen LogP contribution is -2.41. The summed E-state index contributed by atoms with van der Waals surface area (Å²) < 4.78 is 21.6. The Morgan fingerprint density at radius 1 is 1.33 bits per heavy atom. The van der Waals surface area contributed by atoms with Crippen LogP contribution in [0.25, 0.3) is 17.0 Å². The third kappa shape index (κ3) is 3.87. The number of aromatic nitrogens is 4. The number of carbonyl (C=O) groups is 1. The number of anilines is 1. The second-order valence-electron chi connectivity index (χ2n) is 8.15. The number of pyridine rings is 1. The zero-order valence-electron chi connectivity index (χ0n) is 17.9. The number of halogens is 1. The minimum atomic E-state index is -0.498. The maximum Gasteiger partial charge on any atom is 0.274 e. The summed E-state index contributed by atoms with van der Waals surface area (Å²) in [6.07, 6.45) is 3.06. The average Bonchev–Trinajstić information content (AvgIpc) is 3.42. The van der Waals surface area contributed by atoms with Gasteiger partial charge in [0.1, 0.15) is 23.7 Å². The van der Waals surface area contributed by atoms with Crippen LogP contribution >= 0.6 is 0 Å². The van der Waals surface area contributed by atoms with Gasteiger partial charge < -0.3 is 14.7 Å². The molecule has 4 aromatic rings. The molecule has 0 bridgehead atoms. The van der Waals surface area contributed by atoms with Gasteiger partial charge in [-0.3, -0.25) is 9.20 Å². The van der Waals surface area contributed by atoms with E-state index in [2.05, 4.69) is 30.5 Å². The van der Waals surface area contributed by atoms with Crippen LogP contribution < -0.4 is 5.32 Å². The first-order valence-corrected chi connectivity index (χ1v) is 10.3. The molecular formula is C22H20FN7O3. The number of fused-ring (bicyclic) bond motifs is 1. The van der Waals surface area contributed by atoms with Gasteiger partial charge in [0.2, 0.25) is 11.7 Å². The fraction of sp³-hybridized carbons (Fsp3) is 0.273. The molecule has 1 amide bonds. The number of hydrogen-bond acceptors (Lipinski definition) is 8. The number of rotatable bonds is 6. The number of likely N-dealkylation sites (tertiary alicyclic amines) is 1. The van der Waals surface area contributed by atoms with Gasteiger partial charge >= 0.3 is 0 Å². The molecule has 4 heterocycles. The van der Waals surface area contributed by atoms with Gasteiger partial charge in [-0.15, -0.1) is 0 Å². The van der Waals surface area contributed by atoms with Crippen LogP contribution in [0.2, 0.25) is 0 Å². The third-order valence-electron chi connectivity index (χ3n) is 5.76. The monoisotopic (exact) mass is 449 g/mol. The Morgan fingerprint density at radius 3 is 2.91 bits per heavy atom. The second kappa shape index (κ2) is 8.17. The van der Waals surface area contributed by atoms with Gasteiger partial charge in [0.05, 0.1) is 12.1 Å². The van der Waals surface area contributed by atoms with E-state index >= 15 is 0 Å². The number of imidazole rings is 1. The summed E-state index contributed by atoms with van der Waals surface area (Å²) in [5, 5.41) is 9.61. The quantitative estimate of drug-likeness (QED) is 0.448. The predicted octanol–water partition coefficient (Wildman–Crippen LogP) is 3.38. The minimum absolute atomic E-state index is 0.0192. The van der Waals surface area contributed by atoms with Gasteiger partial charge in [-0.1, -0.05) is 10.3 Å². The SMILES string of the molecule is Cc1c(F)cc(-c2noc(C3CN(C)C3)n2)cc1NC(=O)c1cnc2cc(CN=O)ccn12. The van der Waals surface area contributed by atoms with Crippen LogP contribution in [-0.2, 0) is 6.54 Å². The summed E-state index contributed by atoms with van der Waals surface area (Å²) in [6, 6.07) is 6.31. The molecule has 5 rings (SSSR count). The minimum Gasteiger partial charge on any atom is -0.339 e. The predicted molar refractivity (Wildman–Crippen MR) is 117 cm³/mol. The number of carbonyl (C=O) groups excluding carboxylic acids is 1. The molecule has 168 valence electrons. The molecule has 0 aliphatic carbocycles. The van der Waals surface area contributed by atoms with Gasteiger partial charge in [-0.2, -0.15) is 9.89 Å². The molecule has 0 spiro atoms. The smallest absolute Gasteiger partial charge is 0.274 e. The Hall–Kier alpha value is -3.99. The van der Waals surface area contributed by atoms with Crippen molar-refractivity contribution in [2.45, 2.75) is 19.4 Å². The Bertz CT molecular complexity index is 1370. The fourth-order valence-electron chi connectivity index (χ4n) is 3.86. The second-order valence-corrected chi connectivity index (χ2v) is 8.15. The average molecular weight is 449 g/mol. The maximum absolute atomic E-state index is 14.7. The Balaban J connectivity index is 1.42. The normalized spacial score (nSPS) is 14.4. The summed E-state index contributed by atoms with van der Waals surface area (Å²) in [7, 11) is 2.00. The van der Waals surface area contributed by atoms with Crippen LogP contribution in [0.15, 0.2) is 46.4 Å². The number of benzene rings is 1. The standard InChI is InChI=1S/C22H20FN7O3/c1-12-16(23)6-14(20-27-22(33-28-20)15-10-29(2)11-15)7-17(12)26-21(31)18-9-24-19-5-13(8-25-32)3-4-30(18)19/h3-7,9,15H,8,10-11H2,1-2H3,(H,26,31). The first-order valence-electron chi connectivity index (χ1n) is 10.3. The molecular weight excluding hydrogens is 429 g/mol. The lowest BCUT2D eigenvalue weighted by atomic mass is 10.0. The Kier molecular flexibility index (Phi) is 5.17.